The number of anilines is 2. The Hall–Kier alpha value is -1.92. The number of fused-ring (bicyclic) bond motifs is 1. The number of nitrogens with one attached hydrogen (secondary N) is 1. The number of nitrogen functional groups attached to an aromatic ring is 1. The first kappa shape index (κ1) is 14.5. The first-order valence-corrected chi connectivity index (χ1v) is 6.28. The molecule has 1 atom stereocenters. The van der Waals surface area contributed by atoms with Gasteiger partial charge in [0.15, 0.2) is 0 Å². The minimum atomic E-state index is -4.41. The molecule has 7 heteroatoms. The van der Waals surface area contributed by atoms with Gasteiger partial charge in [-0.1, -0.05) is 12.1 Å². The first-order valence-electron chi connectivity index (χ1n) is 6.28. The van der Waals surface area contributed by atoms with Crippen LogP contribution in [0.15, 0.2) is 18.2 Å². The third-order valence-corrected chi connectivity index (χ3v) is 3.37. The Bertz CT molecular complexity index is 516. The number of rotatable bonds is 3. The molecule has 0 aromatic heterocycles. The second kappa shape index (κ2) is 5.22. The minimum absolute atomic E-state index is 0.537. The molecule has 1 aromatic rings. The van der Waals surface area contributed by atoms with Gasteiger partial charge in [-0.2, -0.15) is 13.2 Å². The summed E-state index contributed by atoms with van der Waals surface area (Å²) in [5.74, 6) is -0.654. The fourth-order valence-electron chi connectivity index (χ4n) is 2.38. The highest BCUT2D eigenvalue weighted by Crippen LogP contribution is 2.34. The van der Waals surface area contributed by atoms with Crippen LogP contribution in [0.1, 0.15) is 12.5 Å². The van der Waals surface area contributed by atoms with Crippen molar-refractivity contribution in [3.8, 4) is 0 Å². The zero-order valence-electron chi connectivity index (χ0n) is 11.0. The number of para-hydroxylation sites is 1. The molecule has 3 N–H and O–H groups in total. The lowest BCUT2D eigenvalue weighted by Gasteiger charge is -2.27. The van der Waals surface area contributed by atoms with Crippen LogP contribution in [0.5, 0.6) is 0 Å². The number of amides is 1. The Morgan fingerprint density at radius 3 is 2.85 bits per heavy atom. The van der Waals surface area contributed by atoms with E-state index in [0.29, 0.717) is 12.2 Å². The van der Waals surface area contributed by atoms with Gasteiger partial charge >= 0.3 is 6.18 Å². The quantitative estimate of drug-likeness (QED) is 0.832. The molecule has 1 amide bonds. The van der Waals surface area contributed by atoms with Gasteiger partial charge < -0.3 is 16.0 Å². The monoisotopic (exact) mass is 287 g/mol. The van der Waals surface area contributed by atoms with Gasteiger partial charge in [0.25, 0.3) is 0 Å². The molecule has 1 aromatic carbocycles. The van der Waals surface area contributed by atoms with Gasteiger partial charge in [0.2, 0.25) is 5.91 Å². The Morgan fingerprint density at radius 2 is 2.20 bits per heavy atom. The van der Waals surface area contributed by atoms with E-state index < -0.39 is 24.7 Å². The number of carbonyl (C=O) groups is 1. The number of benzene rings is 1. The summed E-state index contributed by atoms with van der Waals surface area (Å²) >= 11 is 0. The minimum Gasteiger partial charge on any atom is -0.397 e. The van der Waals surface area contributed by atoms with Gasteiger partial charge in [-0.3, -0.25) is 4.79 Å². The van der Waals surface area contributed by atoms with Crippen molar-refractivity contribution < 1.29 is 18.0 Å². The Balaban J connectivity index is 2.09. The van der Waals surface area contributed by atoms with Crippen molar-refractivity contribution in [1.29, 1.82) is 0 Å². The molecule has 0 spiro atoms. The van der Waals surface area contributed by atoms with Crippen molar-refractivity contribution in [1.82, 2.24) is 5.32 Å². The van der Waals surface area contributed by atoms with Crippen molar-refractivity contribution in [2.75, 3.05) is 23.7 Å². The van der Waals surface area contributed by atoms with E-state index in [2.05, 4.69) is 0 Å². The second-order valence-corrected chi connectivity index (χ2v) is 4.81. The number of hydrogen-bond donors (Lipinski definition) is 2. The predicted molar refractivity (Wildman–Crippen MR) is 70.4 cm³/mol. The Kier molecular flexibility index (Phi) is 3.78. The van der Waals surface area contributed by atoms with Crippen molar-refractivity contribution >= 4 is 17.3 Å². The lowest BCUT2D eigenvalue weighted by molar-refractivity contribution is -0.138. The van der Waals surface area contributed by atoms with Gasteiger partial charge in [-0.25, -0.2) is 0 Å². The maximum Gasteiger partial charge on any atom is 0.405 e. The van der Waals surface area contributed by atoms with E-state index in [-0.39, 0.29) is 0 Å². The van der Waals surface area contributed by atoms with Crippen molar-refractivity contribution in [2.24, 2.45) is 0 Å². The van der Waals surface area contributed by atoms with E-state index >= 15 is 0 Å². The van der Waals surface area contributed by atoms with Crippen molar-refractivity contribution in [3.05, 3.63) is 23.8 Å². The molecule has 110 valence electrons. The highest BCUT2D eigenvalue weighted by Gasteiger charge is 2.32. The number of nitrogens with zero attached hydrogens (tertiary/aromatic N) is 1. The highest BCUT2D eigenvalue weighted by atomic mass is 19.4. The third kappa shape index (κ3) is 2.97. The summed E-state index contributed by atoms with van der Waals surface area (Å²) in [5.41, 5.74) is 8.19. The molecular weight excluding hydrogens is 271 g/mol. The van der Waals surface area contributed by atoms with E-state index in [9.17, 15) is 18.0 Å². The normalized spacial score (nSPS) is 15.9. The average molecular weight is 287 g/mol. The molecule has 1 unspecified atom stereocenters. The van der Waals surface area contributed by atoms with Crippen molar-refractivity contribution in [2.45, 2.75) is 25.6 Å². The van der Waals surface area contributed by atoms with E-state index in [1.807, 2.05) is 17.4 Å². The third-order valence-electron chi connectivity index (χ3n) is 3.37. The topological polar surface area (TPSA) is 58.4 Å². The molecule has 4 nitrogen and oxygen atoms in total. The number of hydrogen-bond acceptors (Lipinski definition) is 3. The van der Waals surface area contributed by atoms with Gasteiger partial charge in [0, 0.05) is 6.54 Å². The standard InChI is InChI=1S/C13H16F3N3O/c1-8(12(20)18-7-13(14,15)16)19-6-5-9-3-2-4-10(17)11(9)19/h2-4,8H,5-7,17H2,1H3,(H,18,20). The summed E-state index contributed by atoms with van der Waals surface area (Å²) in [6, 6.07) is 4.76. The molecule has 0 fully saturated rings. The van der Waals surface area contributed by atoms with Gasteiger partial charge in [0.05, 0.1) is 11.4 Å². The lowest BCUT2D eigenvalue weighted by atomic mass is 10.1. The molecule has 0 bridgehead atoms. The van der Waals surface area contributed by atoms with Crippen LogP contribution in [0.25, 0.3) is 0 Å². The summed E-state index contributed by atoms with van der Waals surface area (Å²) in [6.45, 7) is 0.832. The first-order chi connectivity index (χ1) is 9.29. The highest BCUT2D eigenvalue weighted by molar-refractivity contribution is 5.88. The summed E-state index contributed by atoms with van der Waals surface area (Å²) in [4.78, 5) is 13.6. The summed E-state index contributed by atoms with van der Waals surface area (Å²) < 4.78 is 36.3. The fourth-order valence-corrected chi connectivity index (χ4v) is 2.38. The second-order valence-electron chi connectivity index (χ2n) is 4.81. The fraction of sp³-hybridized carbons (Fsp3) is 0.462. The van der Waals surface area contributed by atoms with Crippen LogP contribution >= 0.6 is 0 Å². The molecule has 0 aliphatic carbocycles. The Labute approximate surface area is 114 Å². The van der Waals surface area contributed by atoms with Crippen LogP contribution in [-0.4, -0.2) is 31.2 Å². The van der Waals surface area contributed by atoms with Crippen LogP contribution in [0, 0.1) is 0 Å². The summed E-state index contributed by atoms with van der Waals surface area (Å²) in [5, 5.41) is 1.90. The van der Waals surface area contributed by atoms with E-state index in [1.54, 1.807) is 17.9 Å². The SMILES string of the molecule is CC(C(=O)NCC(F)(F)F)N1CCc2cccc(N)c21. The largest absolute Gasteiger partial charge is 0.405 e. The van der Waals surface area contributed by atoms with E-state index in [1.165, 1.54) is 0 Å². The van der Waals surface area contributed by atoms with Crippen LogP contribution < -0.4 is 16.0 Å². The predicted octanol–water partition coefficient (Wildman–Crippen LogP) is 1.70. The average Bonchev–Trinajstić information content (AvgIpc) is 2.79. The molecule has 2 rings (SSSR count). The number of carbonyl (C=O) groups excluding carboxylic acids is 1. The van der Waals surface area contributed by atoms with Gasteiger partial charge in [-0.05, 0) is 25.0 Å². The molecule has 1 aliphatic heterocycles. The maximum atomic E-state index is 12.1. The molecule has 1 aliphatic rings. The summed E-state index contributed by atoms with van der Waals surface area (Å²) in [6.07, 6.45) is -3.67. The molecule has 0 radical (unpaired) electrons. The van der Waals surface area contributed by atoms with Crippen molar-refractivity contribution in [3.63, 3.8) is 0 Å². The van der Waals surface area contributed by atoms with E-state index in [0.717, 1.165) is 17.7 Å². The van der Waals surface area contributed by atoms with E-state index in [4.69, 9.17) is 5.73 Å². The maximum absolute atomic E-state index is 12.1. The molecule has 0 saturated carbocycles. The van der Waals surface area contributed by atoms with Crippen LogP contribution in [0.4, 0.5) is 24.5 Å². The molecule has 1 heterocycles. The van der Waals surface area contributed by atoms with Crippen LogP contribution in [0.2, 0.25) is 0 Å². The number of nitrogens with two attached hydrogens (primary N) is 1. The molecule has 0 saturated heterocycles. The molecular formula is C13H16F3N3O. The number of alkyl halides is 3. The lowest BCUT2D eigenvalue weighted by Crippen LogP contribution is -2.47. The zero-order chi connectivity index (χ0) is 14.9. The van der Waals surface area contributed by atoms with Gasteiger partial charge in [-0.15, -0.1) is 0 Å². The summed E-state index contributed by atoms with van der Waals surface area (Å²) in [7, 11) is 0. The van der Waals surface area contributed by atoms with Crippen LogP contribution in [0.3, 0.4) is 0 Å². The zero-order valence-corrected chi connectivity index (χ0v) is 11.0. The van der Waals surface area contributed by atoms with Gasteiger partial charge in [0.1, 0.15) is 12.6 Å². The molecule has 20 heavy (non-hydrogen) atoms. The van der Waals surface area contributed by atoms with Crippen LogP contribution in [-0.2, 0) is 11.2 Å². The Morgan fingerprint density at radius 1 is 1.50 bits per heavy atom. The smallest absolute Gasteiger partial charge is 0.397 e. The number of halogens is 3.